The SMILES string of the molecule is Cc1cc(Sc2n[nH]c(C3CC3)n2)n2ncnc2n1. The molecule has 0 radical (unpaired) electrons. The van der Waals surface area contributed by atoms with Crippen molar-refractivity contribution in [1.82, 2.24) is 34.8 Å². The van der Waals surface area contributed by atoms with E-state index in [9.17, 15) is 0 Å². The van der Waals surface area contributed by atoms with Gasteiger partial charge < -0.3 is 0 Å². The van der Waals surface area contributed by atoms with Crippen LogP contribution < -0.4 is 0 Å². The van der Waals surface area contributed by atoms with E-state index in [2.05, 4.69) is 30.2 Å². The van der Waals surface area contributed by atoms with Crippen molar-refractivity contribution >= 4 is 17.5 Å². The lowest BCUT2D eigenvalue weighted by Gasteiger charge is -2.01. The second kappa shape index (κ2) is 4.02. The molecule has 1 saturated carbocycles. The molecule has 1 aliphatic rings. The molecule has 19 heavy (non-hydrogen) atoms. The molecule has 96 valence electrons. The van der Waals surface area contributed by atoms with Gasteiger partial charge in [-0.1, -0.05) is 0 Å². The molecule has 1 aliphatic carbocycles. The van der Waals surface area contributed by atoms with Gasteiger partial charge >= 0.3 is 0 Å². The van der Waals surface area contributed by atoms with Gasteiger partial charge in [0.1, 0.15) is 17.2 Å². The van der Waals surface area contributed by atoms with E-state index in [1.54, 1.807) is 4.52 Å². The fraction of sp³-hybridized carbons (Fsp3) is 0.364. The summed E-state index contributed by atoms with van der Waals surface area (Å²) >= 11 is 1.47. The predicted molar refractivity (Wildman–Crippen MR) is 68.0 cm³/mol. The van der Waals surface area contributed by atoms with Crippen LogP contribution in [0.5, 0.6) is 0 Å². The van der Waals surface area contributed by atoms with E-state index in [4.69, 9.17) is 0 Å². The molecule has 0 unspecified atom stereocenters. The minimum absolute atomic E-state index is 0.576. The number of rotatable bonds is 3. The summed E-state index contributed by atoms with van der Waals surface area (Å²) in [6.07, 6.45) is 3.92. The van der Waals surface area contributed by atoms with Gasteiger partial charge in [-0.15, -0.1) is 5.10 Å². The molecular weight excluding hydrogens is 262 g/mol. The molecule has 1 fully saturated rings. The van der Waals surface area contributed by atoms with Gasteiger partial charge in [0, 0.05) is 11.6 Å². The van der Waals surface area contributed by atoms with Gasteiger partial charge in [-0.2, -0.15) is 14.6 Å². The molecule has 0 bridgehead atoms. The molecular formula is C11H11N7S. The summed E-state index contributed by atoms with van der Waals surface area (Å²) in [5, 5.41) is 13.0. The topological polar surface area (TPSA) is 84.7 Å². The zero-order chi connectivity index (χ0) is 12.8. The number of nitrogens with zero attached hydrogens (tertiary/aromatic N) is 6. The van der Waals surface area contributed by atoms with Crippen LogP contribution in [0.25, 0.3) is 5.78 Å². The molecule has 3 heterocycles. The molecule has 0 saturated heterocycles. The Morgan fingerprint density at radius 1 is 1.37 bits per heavy atom. The minimum atomic E-state index is 0.576. The van der Waals surface area contributed by atoms with Gasteiger partial charge in [-0.3, -0.25) is 5.10 Å². The van der Waals surface area contributed by atoms with E-state index in [0.717, 1.165) is 16.5 Å². The Bertz CT molecular complexity index is 742. The van der Waals surface area contributed by atoms with E-state index in [1.807, 2.05) is 13.0 Å². The summed E-state index contributed by atoms with van der Waals surface area (Å²) in [6.45, 7) is 1.94. The second-order valence-electron chi connectivity index (χ2n) is 4.59. The van der Waals surface area contributed by atoms with Crippen LogP contribution in [0.2, 0.25) is 0 Å². The molecule has 1 N–H and O–H groups in total. The highest BCUT2D eigenvalue weighted by atomic mass is 32.2. The van der Waals surface area contributed by atoms with Crippen molar-refractivity contribution in [2.75, 3.05) is 0 Å². The van der Waals surface area contributed by atoms with E-state index >= 15 is 0 Å². The van der Waals surface area contributed by atoms with E-state index < -0.39 is 0 Å². The Balaban J connectivity index is 1.71. The number of fused-ring (bicyclic) bond motifs is 1. The molecule has 8 heteroatoms. The number of hydrogen-bond donors (Lipinski definition) is 1. The number of H-pyrrole nitrogens is 1. The molecule has 3 aromatic rings. The third kappa shape index (κ3) is 1.97. The van der Waals surface area contributed by atoms with Gasteiger partial charge in [0.15, 0.2) is 0 Å². The molecule has 0 amide bonds. The highest BCUT2D eigenvalue weighted by Gasteiger charge is 2.27. The normalized spacial score (nSPS) is 15.2. The maximum Gasteiger partial charge on any atom is 0.253 e. The molecule has 0 aromatic carbocycles. The Kier molecular flexibility index (Phi) is 2.31. The highest BCUT2D eigenvalue weighted by molar-refractivity contribution is 7.99. The lowest BCUT2D eigenvalue weighted by atomic mass is 10.4. The second-order valence-corrected chi connectivity index (χ2v) is 5.57. The fourth-order valence-electron chi connectivity index (χ4n) is 1.91. The first-order valence-electron chi connectivity index (χ1n) is 6.07. The molecule has 4 rings (SSSR count). The average molecular weight is 273 g/mol. The third-order valence-electron chi connectivity index (χ3n) is 2.99. The molecule has 7 nitrogen and oxygen atoms in total. The van der Waals surface area contributed by atoms with Crippen LogP contribution >= 0.6 is 11.8 Å². The van der Waals surface area contributed by atoms with Gasteiger partial charge in [0.2, 0.25) is 5.16 Å². The first kappa shape index (κ1) is 10.9. The van der Waals surface area contributed by atoms with Crippen LogP contribution in [0.15, 0.2) is 22.6 Å². The summed E-state index contributed by atoms with van der Waals surface area (Å²) in [6, 6.07) is 1.96. The van der Waals surface area contributed by atoms with Crippen molar-refractivity contribution < 1.29 is 0 Å². The molecule has 0 aliphatic heterocycles. The Labute approximate surface area is 112 Å². The lowest BCUT2D eigenvalue weighted by Crippen LogP contribution is -1.97. The maximum atomic E-state index is 4.50. The summed E-state index contributed by atoms with van der Waals surface area (Å²) in [7, 11) is 0. The quantitative estimate of drug-likeness (QED) is 0.729. The average Bonchev–Trinajstić information content (AvgIpc) is 2.95. The predicted octanol–water partition coefficient (Wildman–Crippen LogP) is 1.58. The van der Waals surface area contributed by atoms with E-state index in [0.29, 0.717) is 16.9 Å². The van der Waals surface area contributed by atoms with Crippen molar-refractivity contribution in [3.63, 3.8) is 0 Å². The summed E-state index contributed by atoms with van der Waals surface area (Å²) < 4.78 is 1.70. The van der Waals surface area contributed by atoms with Crippen molar-refractivity contribution in [1.29, 1.82) is 0 Å². The zero-order valence-electron chi connectivity index (χ0n) is 10.2. The number of hydrogen-bond acceptors (Lipinski definition) is 6. The van der Waals surface area contributed by atoms with Crippen molar-refractivity contribution in [2.45, 2.75) is 35.9 Å². The maximum absolute atomic E-state index is 4.50. The largest absolute Gasteiger partial charge is 0.262 e. The van der Waals surface area contributed by atoms with Crippen molar-refractivity contribution in [2.24, 2.45) is 0 Å². The Morgan fingerprint density at radius 2 is 2.26 bits per heavy atom. The number of nitrogens with one attached hydrogen (secondary N) is 1. The fourth-order valence-corrected chi connectivity index (χ4v) is 2.77. The minimum Gasteiger partial charge on any atom is -0.262 e. The van der Waals surface area contributed by atoms with Crippen LogP contribution in [-0.4, -0.2) is 34.8 Å². The summed E-state index contributed by atoms with van der Waals surface area (Å²) in [5.74, 6) is 2.16. The molecule has 0 spiro atoms. The van der Waals surface area contributed by atoms with Gasteiger partial charge in [0.05, 0.1) is 0 Å². The van der Waals surface area contributed by atoms with Gasteiger partial charge in [0.25, 0.3) is 5.78 Å². The number of aromatic amines is 1. The van der Waals surface area contributed by atoms with Crippen LogP contribution in [-0.2, 0) is 0 Å². The third-order valence-corrected chi connectivity index (χ3v) is 3.85. The zero-order valence-corrected chi connectivity index (χ0v) is 11.1. The molecule has 3 aromatic heterocycles. The van der Waals surface area contributed by atoms with Crippen LogP contribution in [0.3, 0.4) is 0 Å². The van der Waals surface area contributed by atoms with Crippen molar-refractivity contribution in [3.8, 4) is 0 Å². The summed E-state index contributed by atoms with van der Waals surface area (Å²) in [5.41, 5.74) is 0.904. The first-order valence-corrected chi connectivity index (χ1v) is 6.89. The van der Waals surface area contributed by atoms with Gasteiger partial charge in [-0.25, -0.2) is 9.97 Å². The monoisotopic (exact) mass is 273 g/mol. The van der Waals surface area contributed by atoms with Crippen molar-refractivity contribution in [3.05, 3.63) is 23.9 Å². The number of aromatic nitrogens is 7. The van der Waals surface area contributed by atoms with Gasteiger partial charge in [-0.05, 0) is 37.6 Å². The lowest BCUT2D eigenvalue weighted by molar-refractivity contribution is 0.829. The van der Waals surface area contributed by atoms with Crippen LogP contribution in [0.4, 0.5) is 0 Å². The highest BCUT2D eigenvalue weighted by Crippen LogP contribution is 2.38. The van der Waals surface area contributed by atoms with E-state index in [-0.39, 0.29) is 0 Å². The molecule has 0 atom stereocenters. The van der Waals surface area contributed by atoms with E-state index in [1.165, 1.54) is 30.9 Å². The summed E-state index contributed by atoms with van der Waals surface area (Å²) in [4.78, 5) is 12.9. The van der Waals surface area contributed by atoms with Crippen LogP contribution in [0.1, 0.15) is 30.3 Å². The standard InChI is InChI=1S/C11H11N7S/c1-6-4-8(18-10(14-6)12-5-13-18)19-11-15-9(16-17-11)7-2-3-7/h4-5,7H,2-3H2,1H3,(H,15,16,17). The Hall–Kier alpha value is -1.96. The smallest absolute Gasteiger partial charge is 0.253 e. The van der Waals surface area contributed by atoms with Crippen LogP contribution in [0, 0.1) is 6.92 Å². The number of aryl methyl sites for hydroxylation is 1. The Morgan fingerprint density at radius 3 is 3.11 bits per heavy atom. The first-order chi connectivity index (χ1) is 9.29.